The summed E-state index contributed by atoms with van der Waals surface area (Å²) in [7, 11) is 1.12. The van der Waals surface area contributed by atoms with Gasteiger partial charge in [0.25, 0.3) is 0 Å². The van der Waals surface area contributed by atoms with E-state index in [1.807, 2.05) is 0 Å². The molecular formula is C18H30P2. The average molecular weight is 308 g/mol. The smallest absolute Gasteiger partial charge is 0.0173 e. The molecule has 1 fully saturated rings. The first-order valence-corrected chi connectivity index (χ1v) is 10.9. The standard InChI is InChI=1S/C18H30P2/c1-14(19-15-10-7-6-8-11-15)16-12-9-13-17(16)20(5)18(2,3)4/h6-8,10-11,14,16-17,19H,9,12-13H2,1-5H3/t14-,16?,17?,20?/m0/s1. The molecule has 5 atom stereocenters. The molecule has 0 aliphatic heterocycles. The minimum Gasteiger partial charge on any atom is -0.101 e. The van der Waals surface area contributed by atoms with Gasteiger partial charge in [-0.3, -0.25) is 0 Å². The van der Waals surface area contributed by atoms with Gasteiger partial charge in [-0.05, 0) is 47.2 Å². The van der Waals surface area contributed by atoms with Gasteiger partial charge in [0.1, 0.15) is 0 Å². The van der Waals surface area contributed by atoms with Gasteiger partial charge in [-0.25, -0.2) is 0 Å². The molecule has 0 nitrogen and oxygen atoms in total. The summed E-state index contributed by atoms with van der Waals surface area (Å²) in [6, 6.07) is 11.1. The van der Waals surface area contributed by atoms with Crippen molar-refractivity contribution in [3.8, 4) is 0 Å². The largest absolute Gasteiger partial charge is 0.101 e. The Hall–Kier alpha value is 0.0800. The zero-order valence-electron chi connectivity index (χ0n) is 13.7. The fourth-order valence-corrected chi connectivity index (χ4v) is 7.67. The monoisotopic (exact) mass is 308 g/mol. The molecule has 1 aliphatic rings. The van der Waals surface area contributed by atoms with Gasteiger partial charge >= 0.3 is 0 Å². The molecule has 112 valence electrons. The van der Waals surface area contributed by atoms with E-state index >= 15 is 0 Å². The van der Waals surface area contributed by atoms with E-state index in [2.05, 4.69) is 64.7 Å². The van der Waals surface area contributed by atoms with E-state index in [9.17, 15) is 0 Å². The van der Waals surface area contributed by atoms with Crippen LogP contribution >= 0.6 is 16.5 Å². The van der Waals surface area contributed by atoms with Crippen molar-refractivity contribution in [2.45, 2.75) is 63.4 Å². The lowest BCUT2D eigenvalue weighted by atomic mass is 10.0. The van der Waals surface area contributed by atoms with E-state index in [-0.39, 0.29) is 7.92 Å². The maximum atomic E-state index is 2.55. The minimum absolute atomic E-state index is 0.135. The highest BCUT2D eigenvalue weighted by Crippen LogP contribution is 2.58. The van der Waals surface area contributed by atoms with E-state index in [1.165, 1.54) is 19.3 Å². The second kappa shape index (κ2) is 6.89. The first-order valence-electron chi connectivity index (χ1n) is 7.94. The van der Waals surface area contributed by atoms with E-state index in [4.69, 9.17) is 0 Å². The Bertz CT molecular complexity index is 407. The fourth-order valence-electron chi connectivity index (χ4n) is 3.44. The van der Waals surface area contributed by atoms with Crippen molar-refractivity contribution in [2.24, 2.45) is 5.92 Å². The average Bonchev–Trinajstić information content (AvgIpc) is 2.87. The molecule has 0 spiro atoms. The summed E-state index contributed by atoms with van der Waals surface area (Å²) < 4.78 is 0. The van der Waals surface area contributed by atoms with Crippen molar-refractivity contribution in [2.75, 3.05) is 6.66 Å². The van der Waals surface area contributed by atoms with Gasteiger partial charge in [0.05, 0.1) is 0 Å². The molecule has 0 bridgehead atoms. The molecule has 2 rings (SSSR count). The predicted molar refractivity (Wildman–Crippen MR) is 97.6 cm³/mol. The van der Waals surface area contributed by atoms with Crippen molar-refractivity contribution >= 4 is 21.8 Å². The summed E-state index contributed by atoms with van der Waals surface area (Å²) in [4.78, 5) is 0. The molecule has 0 amide bonds. The molecule has 1 saturated carbocycles. The molecule has 0 radical (unpaired) electrons. The van der Waals surface area contributed by atoms with E-state index < -0.39 is 0 Å². The van der Waals surface area contributed by atoms with Gasteiger partial charge in [0.15, 0.2) is 0 Å². The Morgan fingerprint density at radius 3 is 2.40 bits per heavy atom. The zero-order valence-corrected chi connectivity index (χ0v) is 15.6. The third-order valence-corrected chi connectivity index (χ3v) is 10.2. The van der Waals surface area contributed by atoms with Crippen LogP contribution in [0.25, 0.3) is 0 Å². The van der Waals surface area contributed by atoms with Gasteiger partial charge in [0.2, 0.25) is 0 Å². The second-order valence-corrected chi connectivity index (χ2v) is 12.2. The van der Waals surface area contributed by atoms with E-state index in [0.29, 0.717) is 5.16 Å². The van der Waals surface area contributed by atoms with Gasteiger partial charge in [-0.1, -0.05) is 73.0 Å². The number of hydrogen-bond acceptors (Lipinski definition) is 0. The fraction of sp³-hybridized carbons (Fsp3) is 0.667. The first kappa shape index (κ1) is 16.5. The normalized spacial score (nSPS) is 27.1. The van der Waals surface area contributed by atoms with Crippen molar-refractivity contribution in [3.05, 3.63) is 30.3 Å². The van der Waals surface area contributed by atoms with Crippen LogP contribution < -0.4 is 5.30 Å². The Kier molecular flexibility index (Phi) is 5.67. The van der Waals surface area contributed by atoms with Crippen molar-refractivity contribution in [1.82, 2.24) is 0 Å². The van der Waals surface area contributed by atoms with Crippen LogP contribution in [-0.2, 0) is 0 Å². The van der Waals surface area contributed by atoms with Crippen LogP contribution in [0.5, 0.6) is 0 Å². The third kappa shape index (κ3) is 4.05. The Labute approximate surface area is 128 Å². The predicted octanol–water partition coefficient (Wildman–Crippen LogP) is 5.46. The van der Waals surface area contributed by atoms with Gasteiger partial charge < -0.3 is 0 Å². The van der Waals surface area contributed by atoms with Crippen LogP contribution in [0.4, 0.5) is 0 Å². The Balaban J connectivity index is 2.03. The summed E-state index contributed by atoms with van der Waals surface area (Å²) in [5.74, 6) is 0.962. The molecule has 1 aromatic carbocycles. The van der Waals surface area contributed by atoms with Gasteiger partial charge in [-0.15, -0.1) is 7.92 Å². The van der Waals surface area contributed by atoms with Crippen LogP contribution in [0.1, 0.15) is 47.0 Å². The summed E-state index contributed by atoms with van der Waals surface area (Å²) in [5.41, 5.74) is 1.86. The first-order chi connectivity index (χ1) is 9.39. The van der Waals surface area contributed by atoms with Crippen molar-refractivity contribution in [1.29, 1.82) is 0 Å². The number of rotatable bonds is 4. The van der Waals surface area contributed by atoms with Crippen LogP contribution in [0.2, 0.25) is 0 Å². The number of benzene rings is 1. The van der Waals surface area contributed by atoms with Crippen molar-refractivity contribution < 1.29 is 0 Å². The Morgan fingerprint density at radius 1 is 1.15 bits per heavy atom. The maximum Gasteiger partial charge on any atom is -0.0173 e. The summed E-state index contributed by atoms with van der Waals surface area (Å²) in [5, 5.41) is 2.06. The number of hydrogen-bond donors (Lipinski definition) is 0. The molecule has 0 heterocycles. The molecule has 20 heavy (non-hydrogen) atoms. The van der Waals surface area contributed by atoms with Crippen LogP contribution in [0.15, 0.2) is 30.3 Å². The van der Waals surface area contributed by atoms with E-state index in [0.717, 1.165) is 25.8 Å². The van der Waals surface area contributed by atoms with Crippen LogP contribution in [0, 0.1) is 5.92 Å². The molecule has 1 aromatic rings. The molecular weight excluding hydrogens is 278 g/mol. The summed E-state index contributed by atoms with van der Waals surface area (Å²) in [6.07, 6.45) is 4.41. The van der Waals surface area contributed by atoms with Crippen LogP contribution in [-0.4, -0.2) is 23.1 Å². The minimum atomic E-state index is 0.135. The SMILES string of the molecule is C[C@H](Pc1ccccc1)C1CCCC1P(C)C(C)(C)C. The zero-order chi connectivity index (χ0) is 14.8. The lowest BCUT2D eigenvalue weighted by molar-refractivity contribution is 0.543. The summed E-state index contributed by atoms with van der Waals surface area (Å²) >= 11 is 0. The molecule has 1 aliphatic carbocycles. The van der Waals surface area contributed by atoms with Crippen molar-refractivity contribution in [3.63, 3.8) is 0 Å². The highest BCUT2D eigenvalue weighted by atomic mass is 31.1. The highest BCUT2D eigenvalue weighted by molar-refractivity contribution is 7.59. The quantitative estimate of drug-likeness (QED) is 0.648. The van der Waals surface area contributed by atoms with Gasteiger partial charge in [-0.2, -0.15) is 0 Å². The van der Waals surface area contributed by atoms with Crippen LogP contribution in [0.3, 0.4) is 0 Å². The molecule has 4 unspecified atom stereocenters. The lowest BCUT2D eigenvalue weighted by Gasteiger charge is -2.38. The van der Waals surface area contributed by atoms with Gasteiger partial charge in [0, 0.05) is 0 Å². The topological polar surface area (TPSA) is 0 Å². The molecule has 0 aromatic heterocycles. The Morgan fingerprint density at radius 2 is 1.80 bits per heavy atom. The third-order valence-electron chi connectivity index (χ3n) is 4.90. The molecule has 2 heteroatoms. The summed E-state index contributed by atoms with van der Waals surface area (Å²) in [6.45, 7) is 12.4. The lowest BCUT2D eigenvalue weighted by Crippen LogP contribution is -2.27. The second-order valence-electron chi connectivity index (χ2n) is 7.24. The highest BCUT2D eigenvalue weighted by Gasteiger charge is 2.38. The van der Waals surface area contributed by atoms with E-state index in [1.54, 1.807) is 5.30 Å². The molecule has 0 N–H and O–H groups in total. The molecule has 0 saturated heterocycles. The maximum absolute atomic E-state index is 2.55.